The number of benzene rings is 1. The van der Waals surface area contributed by atoms with E-state index in [0.717, 1.165) is 12.5 Å². The molecule has 0 bridgehead atoms. The number of nitrogens with one attached hydrogen (secondary N) is 1. The van der Waals surface area contributed by atoms with Crippen molar-refractivity contribution in [1.29, 1.82) is 0 Å². The van der Waals surface area contributed by atoms with Crippen molar-refractivity contribution < 1.29 is 4.52 Å². The Kier molecular flexibility index (Phi) is 7.30. The van der Waals surface area contributed by atoms with Gasteiger partial charge in [0.15, 0.2) is 11.8 Å². The average Bonchev–Trinajstić information content (AvgIpc) is 2.88. The summed E-state index contributed by atoms with van der Waals surface area (Å²) in [5.74, 6) is 1.97. The normalized spacial score (nSPS) is 11.0. The second-order valence-corrected chi connectivity index (χ2v) is 4.92. The zero-order valence-electron chi connectivity index (χ0n) is 13.3. The minimum Gasteiger partial charge on any atom is -0.347 e. The van der Waals surface area contributed by atoms with Crippen molar-refractivity contribution in [3.05, 3.63) is 47.1 Å². The number of rotatable bonds is 4. The summed E-state index contributed by atoms with van der Waals surface area (Å²) in [5, 5.41) is 6.98. The average molecular weight is 415 g/mol. The molecule has 0 saturated carbocycles. The van der Waals surface area contributed by atoms with Crippen LogP contribution in [0.25, 0.3) is 0 Å². The quantitative estimate of drug-likeness (QED) is 0.472. The lowest BCUT2D eigenvalue weighted by molar-refractivity contribution is 0.368. The molecule has 0 aliphatic heterocycles. The Morgan fingerprint density at radius 2 is 2.05 bits per heavy atom. The molecule has 22 heavy (non-hydrogen) atoms. The lowest BCUT2D eigenvalue weighted by Crippen LogP contribution is -2.38. The van der Waals surface area contributed by atoms with Crippen molar-refractivity contribution in [3.63, 3.8) is 0 Å². The largest absolute Gasteiger partial charge is 0.347 e. The van der Waals surface area contributed by atoms with Gasteiger partial charge in [0.05, 0.1) is 6.54 Å². The second kappa shape index (κ2) is 8.72. The van der Waals surface area contributed by atoms with Crippen LogP contribution in [0.3, 0.4) is 0 Å². The topological polar surface area (TPSA) is 66.5 Å². The Labute approximate surface area is 148 Å². The van der Waals surface area contributed by atoms with Gasteiger partial charge in [-0.05, 0) is 25.0 Å². The van der Waals surface area contributed by atoms with Gasteiger partial charge in [-0.3, -0.25) is 4.99 Å². The van der Waals surface area contributed by atoms with E-state index in [9.17, 15) is 0 Å². The molecular weight excluding hydrogens is 393 g/mol. The van der Waals surface area contributed by atoms with E-state index in [-0.39, 0.29) is 24.0 Å². The molecule has 0 saturated heterocycles. The van der Waals surface area contributed by atoms with Gasteiger partial charge in [0.1, 0.15) is 0 Å². The third kappa shape index (κ3) is 4.97. The van der Waals surface area contributed by atoms with Gasteiger partial charge in [-0.15, -0.1) is 24.0 Å². The monoisotopic (exact) mass is 415 g/mol. The molecule has 120 valence electrons. The molecule has 0 fully saturated rings. The number of hydrogen-bond donors (Lipinski definition) is 1. The Hall–Kier alpha value is -1.64. The lowest BCUT2D eigenvalue weighted by Gasteiger charge is -2.22. The number of nitrogens with zero attached hydrogens (tertiary/aromatic N) is 4. The van der Waals surface area contributed by atoms with Gasteiger partial charge in [-0.1, -0.05) is 29.4 Å². The third-order valence-corrected chi connectivity index (χ3v) is 3.21. The summed E-state index contributed by atoms with van der Waals surface area (Å²) in [6, 6.07) is 8.33. The molecule has 0 amide bonds. The standard InChI is InChI=1S/C15H21N5O.HI/c1-11-7-5-6-8-13(11)10-20(4)15(16-3)17-9-14-18-12(2)19-21-14;/h5-8H,9-10H2,1-4H3,(H,16,17);1H. The summed E-state index contributed by atoms with van der Waals surface area (Å²) < 4.78 is 5.08. The van der Waals surface area contributed by atoms with Crippen LogP contribution in [0.4, 0.5) is 0 Å². The summed E-state index contributed by atoms with van der Waals surface area (Å²) in [6.07, 6.45) is 0. The first kappa shape index (κ1) is 18.4. The summed E-state index contributed by atoms with van der Waals surface area (Å²) in [5.41, 5.74) is 2.55. The minimum absolute atomic E-state index is 0. The Morgan fingerprint density at radius 3 is 2.64 bits per heavy atom. The molecule has 1 heterocycles. The lowest BCUT2D eigenvalue weighted by atomic mass is 10.1. The van der Waals surface area contributed by atoms with Gasteiger partial charge < -0.3 is 14.7 Å². The van der Waals surface area contributed by atoms with Crippen LogP contribution in [0, 0.1) is 13.8 Å². The van der Waals surface area contributed by atoms with Gasteiger partial charge in [-0.25, -0.2) is 0 Å². The van der Waals surface area contributed by atoms with E-state index >= 15 is 0 Å². The highest BCUT2D eigenvalue weighted by molar-refractivity contribution is 14.0. The maximum atomic E-state index is 5.08. The van der Waals surface area contributed by atoms with E-state index in [1.165, 1.54) is 11.1 Å². The summed E-state index contributed by atoms with van der Waals surface area (Å²) in [7, 11) is 3.76. The minimum atomic E-state index is 0. The molecule has 2 aromatic rings. The maximum Gasteiger partial charge on any atom is 0.246 e. The smallest absolute Gasteiger partial charge is 0.246 e. The van der Waals surface area contributed by atoms with Crippen molar-refractivity contribution in [2.45, 2.75) is 26.9 Å². The highest BCUT2D eigenvalue weighted by atomic mass is 127. The zero-order chi connectivity index (χ0) is 15.2. The van der Waals surface area contributed by atoms with Crippen LogP contribution in [0.1, 0.15) is 22.8 Å². The van der Waals surface area contributed by atoms with E-state index in [1.54, 1.807) is 14.0 Å². The van der Waals surface area contributed by atoms with Gasteiger partial charge in [0, 0.05) is 20.6 Å². The fourth-order valence-electron chi connectivity index (χ4n) is 2.07. The highest BCUT2D eigenvalue weighted by Crippen LogP contribution is 2.09. The van der Waals surface area contributed by atoms with E-state index in [4.69, 9.17) is 4.52 Å². The van der Waals surface area contributed by atoms with Crippen LogP contribution in [0.5, 0.6) is 0 Å². The second-order valence-electron chi connectivity index (χ2n) is 4.92. The number of aromatic nitrogens is 2. The van der Waals surface area contributed by atoms with Crippen molar-refractivity contribution in [1.82, 2.24) is 20.4 Å². The molecule has 0 aliphatic rings. The number of halogens is 1. The van der Waals surface area contributed by atoms with E-state index in [2.05, 4.69) is 44.4 Å². The highest BCUT2D eigenvalue weighted by Gasteiger charge is 2.09. The molecule has 1 N–H and O–H groups in total. The van der Waals surface area contributed by atoms with Crippen molar-refractivity contribution in [2.75, 3.05) is 14.1 Å². The number of hydrogen-bond acceptors (Lipinski definition) is 4. The fourth-order valence-corrected chi connectivity index (χ4v) is 2.07. The first-order chi connectivity index (χ1) is 10.1. The van der Waals surface area contributed by atoms with Crippen LogP contribution in [0.15, 0.2) is 33.8 Å². The maximum absolute atomic E-state index is 5.08. The van der Waals surface area contributed by atoms with Crippen LogP contribution in [0.2, 0.25) is 0 Å². The Bertz CT molecular complexity index is 626. The number of aliphatic imine (C=N–C) groups is 1. The fraction of sp³-hybridized carbons (Fsp3) is 0.400. The van der Waals surface area contributed by atoms with Gasteiger partial charge >= 0.3 is 0 Å². The van der Waals surface area contributed by atoms with Crippen LogP contribution in [-0.2, 0) is 13.1 Å². The molecule has 0 unspecified atom stereocenters. The molecule has 0 aliphatic carbocycles. The van der Waals surface area contributed by atoms with Gasteiger partial charge in [0.25, 0.3) is 0 Å². The summed E-state index contributed by atoms with van der Waals surface area (Å²) in [4.78, 5) is 10.5. The van der Waals surface area contributed by atoms with E-state index < -0.39 is 0 Å². The van der Waals surface area contributed by atoms with Crippen LogP contribution < -0.4 is 5.32 Å². The predicted molar refractivity (Wildman–Crippen MR) is 97.3 cm³/mol. The van der Waals surface area contributed by atoms with E-state index in [1.807, 2.05) is 19.2 Å². The zero-order valence-corrected chi connectivity index (χ0v) is 15.7. The molecule has 0 atom stereocenters. The van der Waals surface area contributed by atoms with Crippen LogP contribution in [-0.4, -0.2) is 35.1 Å². The molecule has 2 rings (SSSR count). The van der Waals surface area contributed by atoms with Crippen molar-refractivity contribution in [2.24, 2.45) is 4.99 Å². The first-order valence-electron chi connectivity index (χ1n) is 6.85. The molecule has 6 nitrogen and oxygen atoms in total. The third-order valence-electron chi connectivity index (χ3n) is 3.21. The molecule has 7 heteroatoms. The number of aryl methyl sites for hydroxylation is 2. The first-order valence-corrected chi connectivity index (χ1v) is 6.85. The van der Waals surface area contributed by atoms with Crippen molar-refractivity contribution >= 4 is 29.9 Å². The SMILES string of the molecule is CN=C(NCc1nc(C)no1)N(C)Cc1ccccc1C.I. The molecule has 0 spiro atoms. The predicted octanol–water partition coefficient (Wildman–Crippen LogP) is 2.51. The molecule has 1 aromatic heterocycles. The summed E-state index contributed by atoms with van der Waals surface area (Å²) in [6.45, 7) is 5.16. The Balaban J connectivity index is 0.00000242. The summed E-state index contributed by atoms with van der Waals surface area (Å²) >= 11 is 0. The van der Waals surface area contributed by atoms with Crippen LogP contribution >= 0.6 is 24.0 Å². The van der Waals surface area contributed by atoms with Gasteiger partial charge in [-0.2, -0.15) is 4.98 Å². The molecule has 0 radical (unpaired) electrons. The van der Waals surface area contributed by atoms with E-state index in [0.29, 0.717) is 18.3 Å². The Morgan fingerprint density at radius 1 is 1.32 bits per heavy atom. The molecule has 1 aromatic carbocycles. The van der Waals surface area contributed by atoms with Gasteiger partial charge in [0.2, 0.25) is 5.89 Å². The van der Waals surface area contributed by atoms with Crippen molar-refractivity contribution in [3.8, 4) is 0 Å². The molecular formula is C15H22IN5O. The number of guanidine groups is 1.